The molecule has 1 aliphatic carbocycles. The lowest BCUT2D eigenvalue weighted by Gasteiger charge is -2.39. The summed E-state index contributed by atoms with van der Waals surface area (Å²) in [6.07, 6.45) is 0.874. The van der Waals surface area contributed by atoms with Crippen molar-refractivity contribution in [2.24, 2.45) is 7.05 Å². The number of hydrogen-bond acceptors (Lipinski definition) is 6. The zero-order valence-corrected chi connectivity index (χ0v) is 17.6. The number of carbonyl (C=O) groups excluding carboxylic acids is 1. The molecule has 1 saturated heterocycles. The van der Waals surface area contributed by atoms with Crippen molar-refractivity contribution in [1.29, 1.82) is 5.26 Å². The van der Waals surface area contributed by atoms with Crippen LogP contribution in [-0.2, 0) is 18.0 Å². The Morgan fingerprint density at radius 3 is 2.41 bits per heavy atom. The van der Waals surface area contributed by atoms with Gasteiger partial charge in [0.2, 0.25) is 11.7 Å². The highest BCUT2D eigenvalue weighted by atomic mass is 19.4. The zero-order valence-electron chi connectivity index (χ0n) is 17.6. The highest BCUT2D eigenvalue weighted by Gasteiger charge is 2.47. The van der Waals surface area contributed by atoms with Crippen molar-refractivity contribution in [1.82, 2.24) is 19.4 Å². The molecule has 11 heteroatoms. The van der Waals surface area contributed by atoms with Gasteiger partial charge in [0.15, 0.2) is 5.60 Å². The minimum absolute atomic E-state index is 0.112. The van der Waals surface area contributed by atoms with Crippen molar-refractivity contribution in [3.8, 4) is 11.9 Å². The smallest absolute Gasteiger partial charge is 0.417 e. The number of nitrogens with zero attached hydrogens (tertiary/aromatic N) is 6. The summed E-state index contributed by atoms with van der Waals surface area (Å²) < 4.78 is 45.9. The van der Waals surface area contributed by atoms with Gasteiger partial charge in [0, 0.05) is 39.4 Å². The number of aromatic nitrogens is 3. The van der Waals surface area contributed by atoms with Crippen LogP contribution in [0.2, 0.25) is 0 Å². The van der Waals surface area contributed by atoms with Crippen LogP contribution in [0.5, 0.6) is 5.88 Å². The van der Waals surface area contributed by atoms with Gasteiger partial charge in [-0.15, -0.1) is 0 Å². The molecule has 2 aromatic rings. The lowest BCUT2D eigenvalue weighted by atomic mass is 9.99. The Morgan fingerprint density at radius 1 is 1.19 bits per heavy atom. The summed E-state index contributed by atoms with van der Waals surface area (Å²) in [5, 5.41) is 9.11. The van der Waals surface area contributed by atoms with E-state index in [1.807, 2.05) is 11.0 Å². The first kappa shape index (κ1) is 21.9. The summed E-state index contributed by atoms with van der Waals surface area (Å²) in [5.74, 6) is 0.804. The number of aryl methyl sites for hydroxylation is 1. The van der Waals surface area contributed by atoms with Crippen molar-refractivity contribution in [3.05, 3.63) is 35.9 Å². The summed E-state index contributed by atoms with van der Waals surface area (Å²) >= 11 is 0. The standard InChI is InChI=1S/C21H23F3N6O2/c1-28-14-18(27-17(28)12-25)32-20(6-2-3-7-20)19(31)30-10-8-29(9-11-30)16-5-4-15(13-26-16)21(22,23)24/h4-5,13-14H,2-3,6-11H2,1H3. The molecule has 0 spiro atoms. The molecule has 2 aliphatic rings. The maximum Gasteiger partial charge on any atom is 0.417 e. The monoisotopic (exact) mass is 448 g/mol. The lowest BCUT2D eigenvalue weighted by molar-refractivity contribution is -0.148. The van der Waals surface area contributed by atoms with Crippen molar-refractivity contribution >= 4 is 11.7 Å². The van der Waals surface area contributed by atoms with E-state index in [2.05, 4.69) is 9.97 Å². The predicted molar refractivity (Wildman–Crippen MR) is 108 cm³/mol. The number of alkyl halides is 3. The molecule has 0 aromatic carbocycles. The van der Waals surface area contributed by atoms with E-state index in [1.165, 1.54) is 6.07 Å². The molecule has 170 valence electrons. The topological polar surface area (TPSA) is 87.3 Å². The molecule has 4 rings (SSSR count). The molecule has 1 saturated carbocycles. The van der Waals surface area contributed by atoms with Gasteiger partial charge in [-0.3, -0.25) is 4.79 Å². The number of nitriles is 1. The van der Waals surface area contributed by atoms with E-state index in [1.54, 1.807) is 22.7 Å². The Morgan fingerprint density at radius 2 is 1.88 bits per heavy atom. The number of piperazine rings is 1. The van der Waals surface area contributed by atoms with E-state index in [9.17, 15) is 18.0 Å². The number of amides is 1. The van der Waals surface area contributed by atoms with Crippen LogP contribution in [-0.4, -0.2) is 57.1 Å². The van der Waals surface area contributed by atoms with Crippen molar-refractivity contribution in [2.45, 2.75) is 37.5 Å². The van der Waals surface area contributed by atoms with Crippen LogP contribution in [0.15, 0.2) is 24.5 Å². The van der Waals surface area contributed by atoms with Crippen LogP contribution in [0.1, 0.15) is 37.1 Å². The second kappa shape index (κ2) is 8.33. The molecule has 0 bridgehead atoms. The number of halogens is 3. The Balaban J connectivity index is 1.42. The number of anilines is 1. The van der Waals surface area contributed by atoms with Crippen molar-refractivity contribution < 1.29 is 22.7 Å². The van der Waals surface area contributed by atoms with Crippen LogP contribution in [0.25, 0.3) is 0 Å². The van der Waals surface area contributed by atoms with Crippen LogP contribution in [0, 0.1) is 11.3 Å². The Labute approximate surface area is 183 Å². The molecule has 0 N–H and O–H groups in total. The van der Waals surface area contributed by atoms with Gasteiger partial charge in [0.25, 0.3) is 5.91 Å². The minimum atomic E-state index is -4.42. The summed E-state index contributed by atoms with van der Waals surface area (Å²) in [7, 11) is 1.69. The number of imidazole rings is 1. The molecule has 1 amide bonds. The number of pyridine rings is 1. The number of hydrogen-bond donors (Lipinski definition) is 0. The highest BCUT2D eigenvalue weighted by molar-refractivity contribution is 5.86. The first-order chi connectivity index (χ1) is 15.2. The lowest BCUT2D eigenvalue weighted by Crippen LogP contribution is -2.57. The van der Waals surface area contributed by atoms with Gasteiger partial charge in [-0.05, 0) is 37.8 Å². The summed E-state index contributed by atoms with van der Waals surface area (Å²) in [6, 6.07) is 4.35. The fourth-order valence-corrected chi connectivity index (χ4v) is 4.27. The van der Waals surface area contributed by atoms with E-state index in [0.29, 0.717) is 44.8 Å². The fourth-order valence-electron chi connectivity index (χ4n) is 4.27. The Bertz CT molecular complexity index is 1010. The van der Waals surface area contributed by atoms with E-state index < -0.39 is 17.3 Å². The quantitative estimate of drug-likeness (QED) is 0.715. The number of ether oxygens (including phenoxy) is 1. The molecule has 3 heterocycles. The molecule has 2 fully saturated rings. The zero-order chi connectivity index (χ0) is 22.9. The summed E-state index contributed by atoms with van der Waals surface area (Å²) in [5.41, 5.74) is -1.79. The SMILES string of the molecule is Cn1cc(OC2(C(=O)N3CCN(c4ccc(C(F)(F)F)cn4)CC3)CCCC2)nc1C#N. The van der Waals surface area contributed by atoms with Gasteiger partial charge in [-0.25, -0.2) is 4.98 Å². The number of carbonyl (C=O) groups is 1. The van der Waals surface area contributed by atoms with E-state index in [4.69, 9.17) is 10.00 Å². The first-order valence-corrected chi connectivity index (χ1v) is 10.4. The molecule has 1 aliphatic heterocycles. The molecule has 2 aromatic heterocycles. The summed E-state index contributed by atoms with van der Waals surface area (Å²) in [4.78, 5) is 25.1. The summed E-state index contributed by atoms with van der Waals surface area (Å²) in [6.45, 7) is 1.75. The third-order valence-corrected chi connectivity index (χ3v) is 6.02. The molecular weight excluding hydrogens is 425 g/mol. The van der Waals surface area contributed by atoms with E-state index in [0.717, 1.165) is 25.1 Å². The van der Waals surface area contributed by atoms with Crippen molar-refractivity contribution in [3.63, 3.8) is 0 Å². The molecule has 0 radical (unpaired) electrons. The van der Waals surface area contributed by atoms with Gasteiger partial charge in [0.1, 0.15) is 11.9 Å². The third-order valence-electron chi connectivity index (χ3n) is 6.02. The number of rotatable bonds is 4. The highest BCUT2D eigenvalue weighted by Crippen LogP contribution is 2.36. The largest absolute Gasteiger partial charge is 0.460 e. The molecule has 8 nitrogen and oxygen atoms in total. The first-order valence-electron chi connectivity index (χ1n) is 10.4. The maximum absolute atomic E-state index is 13.4. The average molecular weight is 448 g/mol. The van der Waals surface area contributed by atoms with Crippen LogP contribution in [0.3, 0.4) is 0 Å². The van der Waals surface area contributed by atoms with Crippen LogP contribution in [0.4, 0.5) is 19.0 Å². The van der Waals surface area contributed by atoms with E-state index in [-0.39, 0.29) is 17.6 Å². The van der Waals surface area contributed by atoms with Crippen LogP contribution < -0.4 is 9.64 Å². The third kappa shape index (κ3) is 4.22. The van der Waals surface area contributed by atoms with Gasteiger partial charge < -0.3 is 19.1 Å². The average Bonchev–Trinajstić information content (AvgIpc) is 3.39. The normalized spacial score (nSPS) is 18.5. The predicted octanol–water partition coefficient (Wildman–Crippen LogP) is 2.75. The molecule has 32 heavy (non-hydrogen) atoms. The van der Waals surface area contributed by atoms with Gasteiger partial charge in [-0.2, -0.15) is 23.4 Å². The van der Waals surface area contributed by atoms with E-state index >= 15 is 0 Å². The Hall–Kier alpha value is -3.29. The van der Waals surface area contributed by atoms with Gasteiger partial charge in [-0.1, -0.05) is 0 Å². The van der Waals surface area contributed by atoms with Crippen molar-refractivity contribution in [2.75, 3.05) is 31.1 Å². The molecular formula is C21H23F3N6O2. The Kier molecular flexibility index (Phi) is 5.71. The van der Waals surface area contributed by atoms with Gasteiger partial charge >= 0.3 is 6.18 Å². The maximum atomic E-state index is 13.4. The second-order valence-electron chi connectivity index (χ2n) is 8.11. The van der Waals surface area contributed by atoms with Crippen LogP contribution >= 0.6 is 0 Å². The minimum Gasteiger partial charge on any atom is -0.460 e. The molecule has 0 atom stereocenters. The fraction of sp³-hybridized carbons (Fsp3) is 0.524. The molecule has 0 unspecified atom stereocenters. The second-order valence-corrected chi connectivity index (χ2v) is 8.11. The van der Waals surface area contributed by atoms with Gasteiger partial charge in [0.05, 0.1) is 11.8 Å².